The van der Waals surface area contributed by atoms with E-state index in [0.717, 1.165) is 39.1 Å². The number of nitrogens with zero attached hydrogens (tertiary/aromatic N) is 2. The molecule has 2 rings (SSSR count). The summed E-state index contributed by atoms with van der Waals surface area (Å²) in [6.07, 6.45) is 1.05. The SMILES string of the molecule is S=C=NCCC1CNCCN1Cc1ccccc1. The second-order valence-electron chi connectivity index (χ2n) is 4.58. The molecule has 1 fully saturated rings. The molecule has 1 atom stereocenters. The Morgan fingerprint density at radius 1 is 1.39 bits per heavy atom. The maximum absolute atomic E-state index is 4.61. The van der Waals surface area contributed by atoms with Crippen LogP contribution >= 0.6 is 12.2 Å². The summed E-state index contributed by atoms with van der Waals surface area (Å²) in [5.41, 5.74) is 1.38. The van der Waals surface area contributed by atoms with E-state index < -0.39 is 0 Å². The van der Waals surface area contributed by atoms with Crippen LogP contribution in [0.25, 0.3) is 0 Å². The minimum Gasteiger partial charge on any atom is -0.314 e. The van der Waals surface area contributed by atoms with Crippen molar-refractivity contribution < 1.29 is 0 Å². The van der Waals surface area contributed by atoms with Crippen LogP contribution in [0.5, 0.6) is 0 Å². The molecule has 18 heavy (non-hydrogen) atoms. The van der Waals surface area contributed by atoms with Gasteiger partial charge in [0.2, 0.25) is 0 Å². The van der Waals surface area contributed by atoms with Gasteiger partial charge in [0.05, 0.1) is 11.7 Å². The standard InChI is InChI=1S/C14H19N3S/c18-12-16-7-6-14-10-15-8-9-17(14)11-13-4-2-1-3-5-13/h1-5,14-15H,6-11H2. The maximum atomic E-state index is 4.61. The normalized spacial score (nSPS) is 20.3. The highest BCUT2D eigenvalue weighted by molar-refractivity contribution is 7.78. The smallest absolute Gasteiger partial charge is 0.0584 e. The molecule has 1 aliphatic heterocycles. The van der Waals surface area contributed by atoms with Crippen molar-refractivity contribution in [1.82, 2.24) is 10.2 Å². The summed E-state index contributed by atoms with van der Waals surface area (Å²) in [4.78, 5) is 6.55. The lowest BCUT2D eigenvalue weighted by atomic mass is 10.1. The molecule has 0 aromatic heterocycles. The number of nitrogens with one attached hydrogen (secondary N) is 1. The molecule has 0 radical (unpaired) electrons. The van der Waals surface area contributed by atoms with Crippen molar-refractivity contribution in [2.24, 2.45) is 4.99 Å². The van der Waals surface area contributed by atoms with Crippen molar-refractivity contribution in [3.05, 3.63) is 35.9 Å². The number of thiocarbonyl (C=S) groups is 1. The van der Waals surface area contributed by atoms with E-state index in [-0.39, 0.29) is 0 Å². The van der Waals surface area contributed by atoms with E-state index in [4.69, 9.17) is 0 Å². The van der Waals surface area contributed by atoms with Gasteiger partial charge in [-0.15, -0.1) is 0 Å². The quantitative estimate of drug-likeness (QED) is 0.648. The molecule has 96 valence electrons. The summed E-state index contributed by atoms with van der Waals surface area (Å²) in [6.45, 7) is 5.01. The average molecular weight is 261 g/mol. The van der Waals surface area contributed by atoms with Gasteiger partial charge in [0, 0.05) is 32.2 Å². The lowest BCUT2D eigenvalue weighted by molar-refractivity contribution is 0.147. The van der Waals surface area contributed by atoms with Crippen LogP contribution in [0.3, 0.4) is 0 Å². The van der Waals surface area contributed by atoms with Gasteiger partial charge < -0.3 is 5.32 Å². The lowest BCUT2D eigenvalue weighted by Crippen LogP contribution is -2.50. The summed E-state index contributed by atoms with van der Waals surface area (Å²) >= 11 is 4.61. The Labute approximate surface area is 114 Å². The monoisotopic (exact) mass is 261 g/mol. The predicted octanol–water partition coefficient (Wildman–Crippen LogP) is 1.95. The number of piperazine rings is 1. The molecule has 1 heterocycles. The van der Waals surface area contributed by atoms with E-state index in [2.05, 4.69) is 62.9 Å². The molecule has 4 heteroatoms. The first kappa shape index (κ1) is 13.4. The molecule has 0 saturated carbocycles. The molecule has 1 unspecified atom stereocenters. The molecular weight excluding hydrogens is 242 g/mol. The third-order valence-electron chi connectivity index (χ3n) is 3.34. The van der Waals surface area contributed by atoms with E-state index in [1.54, 1.807) is 0 Å². The van der Waals surface area contributed by atoms with E-state index in [1.165, 1.54) is 5.56 Å². The Hall–Kier alpha value is -1.06. The Morgan fingerprint density at radius 3 is 3.00 bits per heavy atom. The van der Waals surface area contributed by atoms with Crippen LogP contribution in [-0.2, 0) is 6.54 Å². The molecular formula is C14H19N3S. The Morgan fingerprint density at radius 2 is 2.22 bits per heavy atom. The third kappa shape index (κ3) is 4.00. The predicted molar refractivity (Wildman–Crippen MR) is 78.0 cm³/mol. The van der Waals surface area contributed by atoms with Gasteiger partial charge in [0.25, 0.3) is 0 Å². The van der Waals surface area contributed by atoms with Crippen molar-refractivity contribution in [3.8, 4) is 0 Å². The van der Waals surface area contributed by atoms with Crippen LogP contribution in [-0.4, -0.2) is 42.3 Å². The topological polar surface area (TPSA) is 27.6 Å². The molecule has 1 saturated heterocycles. The first-order valence-corrected chi connectivity index (χ1v) is 6.83. The fourth-order valence-corrected chi connectivity index (χ4v) is 2.46. The van der Waals surface area contributed by atoms with E-state index >= 15 is 0 Å². The van der Waals surface area contributed by atoms with Crippen LogP contribution < -0.4 is 5.32 Å². The third-order valence-corrected chi connectivity index (χ3v) is 3.47. The van der Waals surface area contributed by atoms with E-state index in [0.29, 0.717) is 6.04 Å². The van der Waals surface area contributed by atoms with Crippen molar-refractivity contribution in [2.75, 3.05) is 26.2 Å². The zero-order chi connectivity index (χ0) is 12.6. The number of hydrogen-bond donors (Lipinski definition) is 1. The summed E-state index contributed by atoms with van der Waals surface area (Å²) in [6, 6.07) is 11.2. The van der Waals surface area contributed by atoms with Gasteiger partial charge in [-0.2, -0.15) is 0 Å². The number of hydrogen-bond acceptors (Lipinski definition) is 4. The van der Waals surface area contributed by atoms with Gasteiger partial charge >= 0.3 is 0 Å². The number of rotatable bonds is 5. The van der Waals surface area contributed by atoms with Crippen LogP contribution in [0.4, 0.5) is 0 Å². The Kier molecular flexibility index (Phi) is 5.49. The zero-order valence-electron chi connectivity index (χ0n) is 10.5. The zero-order valence-corrected chi connectivity index (χ0v) is 11.3. The first-order chi connectivity index (χ1) is 8.90. The van der Waals surface area contributed by atoms with E-state index in [1.807, 2.05) is 0 Å². The summed E-state index contributed by atoms with van der Waals surface area (Å²) in [5, 5.41) is 5.89. The summed E-state index contributed by atoms with van der Waals surface area (Å²) in [7, 11) is 0. The van der Waals surface area contributed by atoms with Crippen LogP contribution in [0, 0.1) is 0 Å². The van der Waals surface area contributed by atoms with Crippen molar-refractivity contribution >= 4 is 17.4 Å². The van der Waals surface area contributed by atoms with Gasteiger partial charge in [0.15, 0.2) is 0 Å². The lowest BCUT2D eigenvalue weighted by Gasteiger charge is -2.36. The molecule has 1 aromatic carbocycles. The highest BCUT2D eigenvalue weighted by Gasteiger charge is 2.21. The Bertz CT molecular complexity index is 401. The van der Waals surface area contributed by atoms with Crippen LogP contribution in [0.15, 0.2) is 35.3 Å². The minimum atomic E-state index is 0.547. The highest BCUT2D eigenvalue weighted by atomic mass is 32.1. The molecule has 0 amide bonds. The fourth-order valence-electron chi connectivity index (χ4n) is 2.37. The second kappa shape index (κ2) is 7.39. The molecule has 0 spiro atoms. The van der Waals surface area contributed by atoms with Crippen molar-refractivity contribution in [2.45, 2.75) is 19.0 Å². The minimum absolute atomic E-state index is 0.547. The van der Waals surface area contributed by atoms with Crippen molar-refractivity contribution in [3.63, 3.8) is 0 Å². The van der Waals surface area contributed by atoms with Gasteiger partial charge in [-0.3, -0.25) is 4.90 Å². The molecule has 1 aliphatic rings. The van der Waals surface area contributed by atoms with E-state index in [9.17, 15) is 0 Å². The largest absolute Gasteiger partial charge is 0.314 e. The Balaban J connectivity index is 1.92. The van der Waals surface area contributed by atoms with Gasteiger partial charge in [-0.1, -0.05) is 30.3 Å². The molecule has 1 aromatic rings. The number of isothiocyanates is 1. The average Bonchev–Trinajstić information content (AvgIpc) is 2.42. The van der Waals surface area contributed by atoms with Crippen LogP contribution in [0.2, 0.25) is 0 Å². The summed E-state index contributed by atoms with van der Waals surface area (Å²) in [5.74, 6) is 0. The van der Waals surface area contributed by atoms with Crippen molar-refractivity contribution in [1.29, 1.82) is 0 Å². The van der Waals surface area contributed by atoms with Gasteiger partial charge in [-0.05, 0) is 24.2 Å². The fraction of sp³-hybridized carbons (Fsp3) is 0.500. The van der Waals surface area contributed by atoms with Gasteiger partial charge in [0.1, 0.15) is 0 Å². The number of benzene rings is 1. The second-order valence-corrected chi connectivity index (χ2v) is 4.76. The molecule has 0 aliphatic carbocycles. The maximum Gasteiger partial charge on any atom is 0.0584 e. The summed E-state index contributed by atoms with van der Waals surface area (Å²) < 4.78 is 0. The number of aliphatic imine (C=N–C) groups is 1. The van der Waals surface area contributed by atoms with Gasteiger partial charge in [-0.25, -0.2) is 4.99 Å². The highest BCUT2D eigenvalue weighted by Crippen LogP contribution is 2.12. The first-order valence-electron chi connectivity index (χ1n) is 6.42. The molecule has 0 bridgehead atoms. The molecule has 3 nitrogen and oxygen atoms in total. The van der Waals surface area contributed by atoms with Crippen LogP contribution in [0.1, 0.15) is 12.0 Å². The molecule has 1 N–H and O–H groups in total.